The zero-order valence-corrected chi connectivity index (χ0v) is 28.2. The van der Waals surface area contributed by atoms with Crippen LogP contribution in [0.1, 0.15) is 45.3 Å². The van der Waals surface area contributed by atoms with Gasteiger partial charge in [0.2, 0.25) is 16.0 Å². The minimum absolute atomic E-state index is 0.0518. The molecule has 4 aromatic rings. The van der Waals surface area contributed by atoms with Crippen molar-refractivity contribution in [3.8, 4) is 28.0 Å². The molecule has 232 valence electrons. The van der Waals surface area contributed by atoms with Gasteiger partial charge in [0, 0.05) is 11.1 Å². The molecule has 12 nitrogen and oxygen atoms in total. The highest BCUT2D eigenvalue weighted by atomic mass is 32.2. The number of nitrogens with zero attached hydrogens (tertiary/aromatic N) is 6. The van der Waals surface area contributed by atoms with Crippen molar-refractivity contribution in [2.24, 2.45) is 0 Å². The zero-order chi connectivity index (χ0) is 31.7. The second kappa shape index (κ2) is 12.3. The van der Waals surface area contributed by atoms with Gasteiger partial charge in [-0.05, 0) is 44.1 Å². The summed E-state index contributed by atoms with van der Waals surface area (Å²) < 4.78 is 63.8. The van der Waals surface area contributed by atoms with Crippen LogP contribution in [0.5, 0.6) is 11.5 Å². The lowest BCUT2D eigenvalue weighted by molar-refractivity contribution is 0.172. The molecular formula is C27H36FN7O5S2Si. The number of ether oxygens (including phenoxy) is 2. The molecule has 1 aromatic carbocycles. The second-order valence-electron chi connectivity index (χ2n) is 11.4. The number of anilines is 1. The summed E-state index contributed by atoms with van der Waals surface area (Å²) in [6.07, 6.45) is 0.866. The van der Waals surface area contributed by atoms with Crippen LogP contribution in [0.25, 0.3) is 16.5 Å². The van der Waals surface area contributed by atoms with E-state index >= 15 is 0 Å². The number of rotatable bonds is 11. The number of aromatic nitrogens is 6. The molecule has 1 N–H and O–H groups in total. The van der Waals surface area contributed by atoms with E-state index in [1.165, 1.54) is 37.0 Å². The van der Waals surface area contributed by atoms with Gasteiger partial charge in [0.25, 0.3) is 0 Å². The highest BCUT2D eigenvalue weighted by Gasteiger charge is 2.44. The van der Waals surface area contributed by atoms with E-state index < -0.39 is 35.5 Å². The van der Waals surface area contributed by atoms with Crippen LogP contribution in [-0.4, -0.2) is 65.9 Å². The highest BCUT2D eigenvalue weighted by Crippen LogP contribution is 2.42. The molecule has 0 aliphatic carbocycles. The molecule has 0 amide bonds. The number of hydrogen-bond donors (Lipinski definition) is 1. The molecule has 0 fully saturated rings. The van der Waals surface area contributed by atoms with Crippen molar-refractivity contribution >= 4 is 35.6 Å². The summed E-state index contributed by atoms with van der Waals surface area (Å²) in [6.45, 7) is 13.4. The molecule has 3 aromatic heterocycles. The fourth-order valence-electron chi connectivity index (χ4n) is 3.91. The third-order valence-corrected chi connectivity index (χ3v) is 14.5. The maximum absolute atomic E-state index is 14.1. The summed E-state index contributed by atoms with van der Waals surface area (Å²) in [5.41, 5.74) is 1.14. The average Bonchev–Trinajstić information content (AvgIpc) is 3.56. The molecule has 3 heterocycles. The molecule has 2 atom stereocenters. The van der Waals surface area contributed by atoms with E-state index in [-0.39, 0.29) is 22.6 Å². The Hall–Kier alpha value is -3.47. The average molecular weight is 650 g/mol. The third-order valence-electron chi connectivity index (χ3n) is 7.37. The zero-order valence-electron chi connectivity index (χ0n) is 25.5. The van der Waals surface area contributed by atoms with Crippen LogP contribution in [0.3, 0.4) is 0 Å². The number of methoxy groups -OCH3 is 2. The van der Waals surface area contributed by atoms with E-state index in [9.17, 15) is 12.8 Å². The molecule has 0 saturated heterocycles. The van der Waals surface area contributed by atoms with Gasteiger partial charge in [0.05, 0.1) is 26.6 Å². The van der Waals surface area contributed by atoms with Crippen molar-refractivity contribution in [1.82, 2.24) is 29.7 Å². The Bertz CT molecular complexity index is 1670. The highest BCUT2D eigenvalue weighted by molar-refractivity contribution is 7.93. The van der Waals surface area contributed by atoms with Gasteiger partial charge in [-0.3, -0.25) is 9.29 Å². The van der Waals surface area contributed by atoms with Crippen molar-refractivity contribution in [3.05, 3.63) is 53.3 Å². The number of benzene rings is 1. The lowest BCUT2D eigenvalue weighted by Gasteiger charge is -2.40. The Morgan fingerprint density at radius 2 is 1.67 bits per heavy atom. The van der Waals surface area contributed by atoms with Crippen LogP contribution in [0.15, 0.2) is 36.0 Å². The summed E-state index contributed by atoms with van der Waals surface area (Å²) in [6, 6.07) is 5.17. The molecule has 0 saturated carbocycles. The Kier molecular flexibility index (Phi) is 9.25. The minimum Gasteiger partial charge on any atom is -0.494 e. The SMILES string of the molecule is COc1cccc(OC)c1-n1c(NS(=O)(=O)[C@H](C)[C@H](O[Si](C)(C)C(C)(C)C)c2ncc(F)cn2)nnc1-c1nc(C)cs1. The summed E-state index contributed by atoms with van der Waals surface area (Å²) in [5.74, 6) is 0.344. The number of nitrogens with one attached hydrogen (secondary N) is 1. The van der Waals surface area contributed by atoms with E-state index in [4.69, 9.17) is 13.9 Å². The number of aryl methyl sites for hydroxylation is 1. The molecule has 4 rings (SSSR count). The molecule has 0 unspecified atom stereocenters. The molecule has 0 radical (unpaired) electrons. The van der Waals surface area contributed by atoms with Crippen LogP contribution in [0, 0.1) is 12.7 Å². The van der Waals surface area contributed by atoms with Crippen LogP contribution >= 0.6 is 11.3 Å². The topological polar surface area (TPSA) is 143 Å². The molecule has 0 aliphatic rings. The molecule has 0 bridgehead atoms. The standard InChI is InChI=1S/C27H36FN7O5S2Si/c1-16-15-41-25(31-16)24-32-33-26(35(24)21-19(38-6)11-10-12-20(21)39-7)34-42(36,37)17(2)22(23-29-13-18(28)14-30-23)40-43(8,9)27(3,4)5/h10-15,17,22H,1-9H3,(H,33,34)/t17-,22+/m1/s1. The number of sulfonamides is 1. The van der Waals surface area contributed by atoms with Gasteiger partial charge >= 0.3 is 0 Å². The summed E-state index contributed by atoms with van der Waals surface area (Å²) in [5, 5.41) is 9.39. The largest absolute Gasteiger partial charge is 0.494 e. The first-order chi connectivity index (χ1) is 20.1. The fourth-order valence-corrected chi connectivity index (χ4v) is 7.16. The summed E-state index contributed by atoms with van der Waals surface area (Å²) >= 11 is 1.33. The Balaban J connectivity index is 1.84. The molecule has 0 aliphatic heterocycles. The maximum atomic E-state index is 14.1. The lowest BCUT2D eigenvalue weighted by Crippen LogP contribution is -2.45. The van der Waals surface area contributed by atoms with Gasteiger partial charge in [-0.15, -0.1) is 21.5 Å². The normalized spacial score (nSPS) is 13.9. The fraction of sp³-hybridized carbons (Fsp3) is 0.444. The molecule has 16 heteroatoms. The Labute approximate surface area is 255 Å². The predicted molar refractivity (Wildman–Crippen MR) is 165 cm³/mol. The van der Waals surface area contributed by atoms with Crippen LogP contribution in [0.2, 0.25) is 18.1 Å². The third kappa shape index (κ3) is 6.71. The van der Waals surface area contributed by atoms with Gasteiger partial charge in [-0.2, -0.15) is 0 Å². The van der Waals surface area contributed by atoms with E-state index in [0.29, 0.717) is 22.2 Å². The van der Waals surface area contributed by atoms with Gasteiger partial charge in [0.15, 0.2) is 30.8 Å². The van der Waals surface area contributed by atoms with Gasteiger partial charge in [0.1, 0.15) is 28.5 Å². The first-order valence-electron chi connectivity index (χ1n) is 13.4. The van der Waals surface area contributed by atoms with Crippen molar-refractivity contribution in [3.63, 3.8) is 0 Å². The number of para-hydroxylation sites is 1. The van der Waals surface area contributed by atoms with Crippen LogP contribution in [-0.2, 0) is 14.4 Å². The van der Waals surface area contributed by atoms with Crippen molar-refractivity contribution < 1.29 is 26.7 Å². The van der Waals surface area contributed by atoms with Gasteiger partial charge in [-0.1, -0.05) is 26.8 Å². The molecular weight excluding hydrogens is 614 g/mol. The van der Waals surface area contributed by atoms with E-state index in [2.05, 4.69) is 29.9 Å². The molecule has 0 spiro atoms. The van der Waals surface area contributed by atoms with Crippen molar-refractivity contribution in [2.45, 2.75) is 64.1 Å². The van der Waals surface area contributed by atoms with Gasteiger partial charge < -0.3 is 13.9 Å². The van der Waals surface area contributed by atoms with E-state index in [0.717, 1.165) is 18.1 Å². The van der Waals surface area contributed by atoms with Gasteiger partial charge in [-0.25, -0.2) is 27.8 Å². The smallest absolute Gasteiger partial charge is 0.243 e. The predicted octanol–water partition coefficient (Wildman–Crippen LogP) is 5.54. The van der Waals surface area contributed by atoms with E-state index in [1.807, 2.05) is 46.2 Å². The lowest BCUT2D eigenvalue weighted by atomic mass is 10.2. The molecule has 43 heavy (non-hydrogen) atoms. The number of hydrogen-bond acceptors (Lipinski definition) is 11. The first kappa shape index (κ1) is 32.4. The monoisotopic (exact) mass is 649 g/mol. The van der Waals surface area contributed by atoms with Crippen LogP contribution < -0.4 is 14.2 Å². The summed E-state index contributed by atoms with van der Waals surface area (Å²) in [7, 11) is -3.85. The quantitative estimate of drug-likeness (QED) is 0.206. The maximum Gasteiger partial charge on any atom is 0.243 e. The summed E-state index contributed by atoms with van der Waals surface area (Å²) in [4.78, 5) is 12.7. The van der Waals surface area contributed by atoms with Crippen molar-refractivity contribution in [2.75, 3.05) is 18.9 Å². The Morgan fingerprint density at radius 3 is 2.19 bits per heavy atom. The Morgan fingerprint density at radius 1 is 1.07 bits per heavy atom. The number of thiazole rings is 1. The second-order valence-corrected chi connectivity index (χ2v) is 19.1. The number of halogens is 1. The van der Waals surface area contributed by atoms with E-state index in [1.54, 1.807) is 18.2 Å². The first-order valence-corrected chi connectivity index (χ1v) is 18.7. The van der Waals surface area contributed by atoms with Crippen LogP contribution in [0.4, 0.5) is 10.3 Å². The van der Waals surface area contributed by atoms with Crippen molar-refractivity contribution in [1.29, 1.82) is 0 Å². The minimum atomic E-state index is -4.27.